The minimum atomic E-state index is 0.292. The summed E-state index contributed by atoms with van der Waals surface area (Å²) in [7, 11) is 0. The van der Waals surface area contributed by atoms with Crippen molar-refractivity contribution in [3.63, 3.8) is 0 Å². The van der Waals surface area contributed by atoms with Crippen molar-refractivity contribution in [3.05, 3.63) is 35.4 Å². The molecule has 23 heavy (non-hydrogen) atoms. The molecule has 2 aromatic rings. The van der Waals surface area contributed by atoms with Gasteiger partial charge in [-0.05, 0) is 31.9 Å². The average Bonchev–Trinajstić information content (AvgIpc) is 3.11. The largest absolute Gasteiger partial charge is 0.470 e. The van der Waals surface area contributed by atoms with E-state index in [9.17, 15) is 0 Å². The summed E-state index contributed by atoms with van der Waals surface area (Å²) in [6, 6.07) is 8.66. The molecule has 122 valence electrons. The second-order valence-electron chi connectivity index (χ2n) is 6.47. The van der Waals surface area contributed by atoms with Crippen LogP contribution in [-0.4, -0.2) is 39.4 Å². The third kappa shape index (κ3) is 3.54. The zero-order valence-corrected chi connectivity index (χ0v) is 14.9. The number of hydrogen-bond acceptors (Lipinski definition) is 6. The van der Waals surface area contributed by atoms with Crippen molar-refractivity contribution in [2.45, 2.75) is 36.6 Å². The monoisotopic (exact) mass is 347 g/mol. The van der Waals surface area contributed by atoms with Gasteiger partial charge in [0.1, 0.15) is 6.10 Å². The van der Waals surface area contributed by atoms with Crippen molar-refractivity contribution in [1.82, 2.24) is 13.6 Å². The van der Waals surface area contributed by atoms with Gasteiger partial charge in [0.2, 0.25) is 0 Å². The topological polar surface area (TPSA) is 38.3 Å². The first-order chi connectivity index (χ1) is 11.3. The van der Waals surface area contributed by atoms with E-state index in [2.05, 4.69) is 44.8 Å². The van der Waals surface area contributed by atoms with Crippen LogP contribution >= 0.6 is 23.5 Å². The van der Waals surface area contributed by atoms with Gasteiger partial charge in [0.15, 0.2) is 5.03 Å². The molecule has 2 saturated heterocycles. The number of ether oxygens (including phenoxy) is 1. The standard InChI is InChI=1S/C17H21N3OS2/c1-12-4-6-13(7-5-12)11-22-17-16(18-23-19-17)21-15-10-20-8-2-3-14(15)9-20/h4-7,14-15H,2-3,8-11H2,1H3. The molecular formula is C17H21N3OS2. The van der Waals surface area contributed by atoms with Gasteiger partial charge in [-0.3, -0.25) is 4.90 Å². The summed E-state index contributed by atoms with van der Waals surface area (Å²) in [5.74, 6) is 2.31. The van der Waals surface area contributed by atoms with Gasteiger partial charge in [0.05, 0.1) is 11.7 Å². The van der Waals surface area contributed by atoms with E-state index in [0.717, 1.165) is 23.2 Å². The van der Waals surface area contributed by atoms with E-state index in [-0.39, 0.29) is 0 Å². The third-order valence-corrected chi connectivity index (χ3v) is 6.34. The lowest BCUT2D eigenvalue weighted by Crippen LogP contribution is -2.26. The summed E-state index contributed by atoms with van der Waals surface area (Å²) in [6.45, 7) is 5.57. The van der Waals surface area contributed by atoms with Crippen LogP contribution < -0.4 is 4.74 Å². The highest BCUT2D eigenvalue weighted by atomic mass is 32.2. The molecule has 3 heterocycles. The Kier molecular flexibility index (Phi) is 4.55. The van der Waals surface area contributed by atoms with Gasteiger partial charge in [-0.15, -0.1) is 4.37 Å². The van der Waals surface area contributed by atoms with Crippen molar-refractivity contribution in [1.29, 1.82) is 0 Å². The number of aryl methyl sites for hydroxylation is 1. The Bertz CT molecular complexity index is 658. The minimum Gasteiger partial charge on any atom is -0.470 e. The van der Waals surface area contributed by atoms with Gasteiger partial charge in [0.25, 0.3) is 5.88 Å². The fourth-order valence-corrected chi connectivity index (χ4v) is 4.89. The zero-order chi connectivity index (χ0) is 15.6. The molecule has 1 aromatic heterocycles. The SMILES string of the molecule is Cc1ccc(CSc2nsnc2OC2CN3CCCC2C3)cc1. The molecule has 6 heteroatoms. The Morgan fingerprint density at radius 1 is 1.26 bits per heavy atom. The van der Waals surface area contributed by atoms with Crippen molar-refractivity contribution in [2.75, 3.05) is 19.6 Å². The van der Waals surface area contributed by atoms with Gasteiger partial charge < -0.3 is 4.74 Å². The number of benzene rings is 1. The smallest absolute Gasteiger partial charge is 0.260 e. The molecule has 2 aliphatic rings. The first kappa shape index (κ1) is 15.4. The van der Waals surface area contributed by atoms with Gasteiger partial charge in [-0.25, -0.2) is 0 Å². The van der Waals surface area contributed by atoms with E-state index in [0.29, 0.717) is 12.0 Å². The Hall–Kier alpha value is -1.11. The third-order valence-electron chi connectivity index (χ3n) is 4.70. The second-order valence-corrected chi connectivity index (χ2v) is 7.96. The molecule has 0 N–H and O–H groups in total. The van der Waals surface area contributed by atoms with Crippen LogP contribution in [0, 0.1) is 12.8 Å². The van der Waals surface area contributed by atoms with Crippen molar-refractivity contribution in [2.24, 2.45) is 5.92 Å². The molecule has 1 aromatic carbocycles. The average molecular weight is 348 g/mol. The Morgan fingerprint density at radius 3 is 2.96 bits per heavy atom. The van der Waals surface area contributed by atoms with Crippen LogP contribution in [0.25, 0.3) is 0 Å². The molecule has 0 amide bonds. The molecular weight excluding hydrogens is 326 g/mol. The molecule has 0 aliphatic carbocycles. The first-order valence-electron chi connectivity index (χ1n) is 8.18. The highest BCUT2D eigenvalue weighted by Gasteiger charge is 2.37. The minimum absolute atomic E-state index is 0.292. The van der Waals surface area contributed by atoms with E-state index in [1.54, 1.807) is 11.8 Å². The summed E-state index contributed by atoms with van der Waals surface area (Å²) >= 11 is 2.97. The Morgan fingerprint density at radius 2 is 2.13 bits per heavy atom. The maximum absolute atomic E-state index is 6.24. The molecule has 0 radical (unpaired) electrons. The summed E-state index contributed by atoms with van der Waals surface area (Å²) in [5.41, 5.74) is 2.60. The van der Waals surface area contributed by atoms with Crippen LogP contribution in [0.2, 0.25) is 0 Å². The molecule has 4 rings (SSSR count). The summed E-state index contributed by atoms with van der Waals surface area (Å²) in [5, 5.41) is 0.937. The number of nitrogens with zero attached hydrogens (tertiary/aromatic N) is 3. The molecule has 0 spiro atoms. The van der Waals surface area contributed by atoms with E-state index >= 15 is 0 Å². The summed E-state index contributed by atoms with van der Waals surface area (Å²) < 4.78 is 15.1. The normalized spacial score (nSPS) is 26.4. The van der Waals surface area contributed by atoms with Crippen LogP contribution in [0.5, 0.6) is 5.88 Å². The van der Waals surface area contributed by atoms with Crippen molar-refractivity contribution in [3.8, 4) is 5.88 Å². The molecule has 4 nitrogen and oxygen atoms in total. The zero-order valence-electron chi connectivity index (χ0n) is 13.3. The van der Waals surface area contributed by atoms with Gasteiger partial charge in [0, 0.05) is 24.8 Å². The molecule has 2 fully saturated rings. The van der Waals surface area contributed by atoms with Crippen LogP contribution in [0.15, 0.2) is 29.3 Å². The number of fused-ring (bicyclic) bond motifs is 2. The van der Waals surface area contributed by atoms with Crippen molar-refractivity contribution >= 4 is 23.5 Å². The lowest BCUT2D eigenvalue weighted by atomic mass is 9.99. The van der Waals surface area contributed by atoms with E-state index in [1.807, 2.05) is 0 Å². The maximum atomic E-state index is 6.24. The molecule has 3 atom stereocenters. The van der Waals surface area contributed by atoms with Gasteiger partial charge >= 0.3 is 0 Å². The lowest BCUT2D eigenvalue weighted by molar-refractivity contribution is 0.160. The number of aromatic nitrogens is 2. The second kappa shape index (κ2) is 6.79. The molecule has 2 aliphatic heterocycles. The Balaban J connectivity index is 1.39. The quantitative estimate of drug-likeness (QED) is 0.773. The molecule has 3 unspecified atom stereocenters. The van der Waals surface area contributed by atoms with E-state index < -0.39 is 0 Å². The van der Waals surface area contributed by atoms with Crippen LogP contribution in [0.1, 0.15) is 24.0 Å². The summed E-state index contributed by atoms with van der Waals surface area (Å²) in [4.78, 5) is 2.51. The summed E-state index contributed by atoms with van der Waals surface area (Å²) in [6.07, 6.45) is 2.87. The van der Waals surface area contributed by atoms with E-state index in [4.69, 9.17) is 4.74 Å². The predicted octanol–water partition coefficient (Wildman–Crippen LogP) is 3.61. The molecule has 0 saturated carbocycles. The highest BCUT2D eigenvalue weighted by molar-refractivity contribution is 7.98. The predicted molar refractivity (Wildman–Crippen MR) is 94.2 cm³/mol. The fourth-order valence-electron chi connectivity index (χ4n) is 3.41. The number of rotatable bonds is 5. The number of piperidine rings is 1. The van der Waals surface area contributed by atoms with E-state index in [1.165, 1.54) is 48.8 Å². The highest BCUT2D eigenvalue weighted by Crippen LogP contribution is 2.34. The lowest BCUT2D eigenvalue weighted by Gasteiger charge is -2.21. The number of hydrogen-bond donors (Lipinski definition) is 0. The van der Waals surface area contributed by atoms with Crippen LogP contribution in [0.4, 0.5) is 0 Å². The van der Waals surface area contributed by atoms with Crippen LogP contribution in [0.3, 0.4) is 0 Å². The Labute approximate surface area is 145 Å². The molecule has 2 bridgehead atoms. The van der Waals surface area contributed by atoms with Gasteiger partial charge in [-0.2, -0.15) is 4.37 Å². The fraction of sp³-hybridized carbons (Fsp3) is 0.529. The maximum Gasteiger partial charge on any atom is 0.260 e. The van der Waals surface area contributed by atoms with Gasteiger partial charge in [-0.1, -0.05) is 41.6 Å². The van der Waals surface area contributed by atoms with Crippen molar-refractivity contribution < 1.29 is 4.74 Å². The number of thioether (sulfide) groups is 1. The first-order valence-corrected chi connectivity index (χ1v) is 9.89. The van der Waals surface area contributed by atoms with Crippen LogP contribution in [-0.2, 0) is 5.75 Å².